The first-order valence-electron chi connectivity index (χ1n) is 4.25. The molecule has 0 amide bonds. The van der Waals surface area contributed by atoms with Gasteiger partial charge in [-0.3, -0.25) is 0 Å². The molecule has 0 heterocycles. The topological polar surface area (TPSA) is 9.23 Å². The Bertz CT molecular complexity index is 345. The smallest absolute Gasteiger partial charge is 0.122 e. The number of methoxy groups -OCH3 is 1. The van der Waals surface area contributed by atoms with Crippen LogP contribution in [0, 0.1) is 6.92 Å². The van der Waals surface area contributed by atoms with Crippen molar-refractivity contribution >= 4 is 37.9 Å². The molecule has 0 aliphatic rings. The van der Waals surface area contributed by atoms with Gasteiger partial charge in [-0.15, -0.1) is 0 Å². The van der Waals surface area contributed by atoms with Crippen molar-refractivity contribution < 1.29 is 4.74 Å². The second kappa shape index (κ2) is 5.56. The minimum Gasteiger partial charge on any atom is -0.496 e. The van der Waals surface area contributed by atoms with Crippen molar-refractivity contribution in [2.45, 2.75) is 6.92 Å². The largest absolute Gasteiger partial charge is 0.496 e. The minimum atomic E-state index is 0.866. The van der Waals surface area contributed by atoms with Gasteiger partial charge in [0.2, 0.25) is 0 Å². The molecule has 0 aliphatic heterocycles. The third kappa shape index (κ3) is 2.85. The number of benzene rings is 1. The molecule has 3 heteroatoms. The summed E-state index contributed by atoms with van der Waals surface area (Å²) in [4.78, 5) is 0. The average Bonchev–Trinajstić information content (AvgIpc) is 2.18. The van der Waals surface area contributed by atoms with Gasteiger partial charge in [0.25, 0.3) is 0 Å². The highest BCUT2D eigenvalue weighted by Gasteiger charge is 2.02. The van der Waals surface area contributed by atoms with Gasteiger partial charge in [-0.2, -0.15) is 0 Å². The van der Waals surface area contributed by atoms with Crippen LogP contribution in [-0.4, -0.2) is 12.4 Å². The van der Waals surface area contributed by atoms with Crippen molar-refractivity contribution in [3.05, 3.63) is 33.8 Å². The van der Waals surface area contributed by atoms with Gasteiger partial charge in [0.05, 0.1) is 7.11 Å². The Morgan fingerprint density at radius 1 is 1.43 bits per heavy atom. The standard InChI is InChI=1S/C11H12Br2O/c1-8-6-9(4-3-5-12)10(13)7-11(8)14-2/h3-4,6-7H,5H2,1-2H3. The first kappa shape index (κ1) is 11.8. The lowest BCUT2D eigenvalue weighted by Gasteiger charge is -2.07. The molecule has 14 heavy (non-hydrogen) atoms. The monoisotopic (exact) mass is 318 g/mol. The molecule has 0 N–H and O–H groups in total. The summed E-state index contributed by atoms with van der Waals surface area (Å²) in [6.45, 7) is 2.04. The zero-order valence-corrected chi connectivity index (χ0v) is 11.4. The van der Waals surface area contributed by atoms with E-state index in [0.29, 0.717) is 0 Å². The van der Waals surface area contributed by atoms with Crippen LogP contribution < -0.4 is 4.74 Å². The van der Waals surface area contributed by atoms with Gasteiger partial charge >= 0.3 is 0 Å². The predicted molar refractivity (Wildman–Crippen MR) is 68.3 cm³/mol. The Balaban J connectivity index is 3.08. The van der Waals surface area contributed by atoms with E-state index in [1.807, 2.05) is 13.0 Å². The minimum absolute atomic E-state index is 0.866. The van der Waals surface area contributed by atoms with Gasteiger partial charge in [0, 0.05) is 9.80 Å². The molecular formula is C11H12Br2O. The molecule has 0 saturated heterocycles. The van der Waals surface area contributed by atoms with Gasteiger partial charge in [-0.1, -0.05) is 44.0 Å². The van der Waals surface area contributed by atoms with E-state index in [1.165, 1.54) is 5.56 Å². The lowest BCUT2D eigenvalue weighted by molar-refractivity contribution is 0.411. The molecular weight excluding hydrogens is 308 g/mol. The number of aryl methyl sites for hydroxylation is 1. The van der Waals surface area contributed by atoms with Gasteiger partial charge in [0.15, 0.2) is 0 Å². The molecule has 0 aromatic heterocycles. The Kier molecular flexibility index (Phi) is 4.69. The third-order valence-electron chi connectivity index (χ3n) is 1.90. The Labute approximate surface area is 101 Å². The number of rotatable bonds is 3. The van der Waals surface area contributed by atoms with Crippen LogP contribution in [0.15, 0.2) is 22.7 Å². The fourth-order valence-electron chi connectivity index (χ4n) is 1.20. The number of hydrogen-bond donors (Lipinski definition) is 0. The van der Waals surface area contributed by atoms with E-state index in [9.17, 15) is 0 Å². The highest BCUT2D eigenvalue weighted by Crippen LogP contribution is 2.27. The molecule has 0 saturated carbocycles. The first-order valence-corrected chi connectivity index (χ1v) is 6.17. The van der Waals surface area contributed by atoms with Crippen molar-refractivity contribution in [2.75, 3.05) is 12.4 Å². The molecule has 1 rings (SSSR count). The lowest BCUT2D eigenvalue weighted by atomic mass is 10.1. The van der Waals surface area contributed by atoms with Crippen LogP contribution in [0.25, 0.3) is 6.08 Å². The van der Waals surface area contributed by atoms with Gasteiger partial charge in [-0.25, -0.2) is 0 Å². The fourth-order valence-corrected chi connectivity index (χ4v) is 1.85. The second-order valence-electron chi connectivity index (χ2n) is 2.90. The highest BCUT2D eigenvalue weighted by molar-refractivity contribution is 9.10. The fraction of sp³-hybridized carbons (Fsp3) is 0.273. The van der Waals surface area contributed by atoms with Crippen LogP contribution in [0.2, 0.25) is 0 Å². The summed E-state index contributed by atoms with van der Waals surface area (Å²) in [5.41, 5.74) is 2.31. The lowest BCUT2D eigenvalue weighted by Crippen LogP contribution is -1.88. The average molecular weight is 320 g/mol. The number of allylic oxidation sites excluding steroid dienone is 1. The zero-order chi connectivity index (χ0) is 10.6. The van der Waals surface area contributed by atoms with Crippen molar-refractivity contribution in [1.29, 1.82) is 0 Å². The molecule has 0 aliphatic carbocycles. The van der Waals surface area contributed by atoms with Crippen LogP contribution >= 0.6 is 31.9 Å². The first-order chi connectivity index (χ1) is 6.69. The molecule has 0 atom stereocenters. The highest BCUT2D eigenvalue weighted by atomic mass is 79.9. The molecule has 76 valence electrons. The maximum Gasteiger partial charge on any atom is 0.122 e. The molecule has 0 unspecified atom stereocenters. The number of hydrogen-bond acceptors (Lipinski definition) is 1. The van der Waals surface area contributed by atoms with E-state index in [-0.39, 0.29) is 0 Å². The van der Waals surface area contributed by atoms with Crippen LogP contribution in [0.4, 0.5) is 0 Å². The molecule has 1 aromatic carbocycles. The van der Waals surface area contributed by atoms with Crippen molar-refractivity contribution in [3.8, 4) is 5.75 Å². The van der Waals surface area contributed by atoms with Crippen LogP contribution in [0.3, 0.4) is 0 Å². The Hall–Kier alpha value is -0.280. The van der Waals surface area contributed by atoms with E-state index in [4.69, 9.17) is 4.74 Å². The quantitative estimate of drug-likeness (QED) is 0.760. The summed E-state index contributed by atoms with van der Waals surface area (Å²) in [5.74, 6) is 0.910. The molecule has 1 aromatic rings. The summed E-state index contributed by atoms with van der Waals surface area (Å²) in [6.07, 6.45) is 4.14. The summed E-state index contributed by atoms with van der Waals surface area (Å²) >= 11 is 6.86. The number of ether oxygens (including phenoxy) is 1. The predicted octanol–water partition coefficient (Wildman–Crippen LogP) is 4.17. The van der Waals surface area contributed by atoms with E-state index < -0.39 is 0 Å². The van der Waals surface area contributed by atoms with Crippen LogP contribution in [0.5, 0.6) is 5.75 Å². The molecule has 0 spiro atoms. The second-order valence-corrected chi connectivity index (χ2v) is 4.40. The maximum absolute atomic E-state index is 5.22. The maximum atomic E-state index is 5.22. The van der Waals surface area contributed by atoms with Gasteiger partial charge < -0.3 is 4.74 Å². The molecule has 1 nitrogen and oxygen atoms in total. The number of alkyl halides is 1. The zero-order valence-electron chi connectivity index (χ0n) is 8.18. The van der Waals surface area contributed by atoms with Crippen molar-refractivity contribution in [3.63, 3.8) is 0 Å². The summed E-state index contributed by atoms with van der Waals surface area (Å²) in [5, 5.41) is 0.866. The Morgan fingerprint density at radius 2 is 2.14 bits per heavy atom. The molecule has 0 fully saturated rings. The number of halogens is 2. The Morgan fingerprint density at radius 3 is 2.71 bits per heavy atom. The van der Waals surface area contributed by atoms with Crippen LogP contribution in [0.1, 0.15) is 11.1 Å². The van der Waals surface area contributed by atoms with Crippen molar-refractivity contribution in [1.82, 2.24) is 0 Å². The van der Waals surface area contributed by atoms with E-state index in [1.54, 1.807) is 7.11 Å². The summed E-state index contributed by atoms with van der Waals surface area (Å²) in [7, 11) is 1.68. The van der Waals surface area contributed by atoms with E-state index in [2.05, 4.69) is 50.1 Å². The normalized spacial score (nSPS) is 10.9. The van der Waals surface area contributed by atoms with E-state index >= 15 is 0 Å². The SMILES string of the molecule is COc1cc(Br)c(C=CCBr)cc1C. The molecule has 0 radical (unpaired) electrons. The van der Waals surface area contributed by atoms with E-state index in [0.717, 1.165) is 21.1 Å². The van der Waals surface area contributed by atoms with Crippen LogP contribution in [-0.2, 0) is 0 Å². The van der Waals surface area contributed by atoms with Gasteiger partial charge in [-0.05, 0) is 30.2 Å². The summed E-state index contributed by atoms with van der Waals surface area (Å²) in [6, 6.07) is 4.09. The third-order valence-corrected chi connectivity index (χ3v) is 2.96. The summed E-state index contributed by atoms with van der Waals surface area (Å²) < 4.78 is 6.27. The van der Waals surface area contributed by atoms with Crippen molar-refractivity contribution in [2.24, 2.45) is 0 Å². The molecule has 0 bridgehead atoms. The van der Waals surface area contributed by atoms with Gasteiger partial charge in [0.1, 0.15) is 5.75 Å².